The van der Waals surface area contributed by atoms with Gasteiger partial charge in [0.25, 0.3) is 0 Å². The number of halogens is 1. The average Bonchev–Trinajstić information content (AvgIpc) is 2.17. The van der Waals surface area contributed by atoms with Gasteiger partial charge in [-0.05, 0) is 50.3 Å². The highest BCUT2D eigenvalue weighted by Crippen LogP contribution is 2.30. The molecule has 0 saturated carbocycles. The molecule has 0 heterocycles. The Morgan fingerprint density at radius 1 is 1.19 bits per heavy atom. The van der Waals surface area contributed by atoms with Crippen LogP contribution in [0.15, 0.2) is 17.0 Å². The van der Waals surface area contributed by atoms with Gasteiger partial charge in [0.15, 0.2) is 0 Å². The van der Waals surface area contributed by atoms with Crippen LogP contribution in [-0.2, 0) is 10.0 Å². The number of hydrogen-bond acceptors (Lipinski definition) is 3. The van der Waals surface area contributed by atoms with Crippen LogP contribution in [0.3, 0.4) is 0 Å². The summed E-state index contributed by atoms with van der Waals surface area (Å²) in [5.74, 6) is 0. The Kier molecular flexibility index (Phi) is 5.03. The van der Waals surface area contributed by atoms with Crippen molar-refractivity contribution in [3.8, 4) is 0 Å². The van der Waals surface area contributed by atoms with Gasteiger partial charge in [0, 0.05) is 5.54 Å². The summed E-state index contributed by atoms with van der Waals surface area (Å²) < 4.78 is 28.0. The SMILES string of the molecule is Cc1cc(Cl)c(N)cc1S(=O)(=O)NC(C)(C)CC(C)(C)C. The highest BCUT2D eigenvalue weighted by Gasteiger charge is 2.31. The number of nitrogens with one attached hydrogen (secondary N) is 1. The van der Waals surface area contributed by atoms with E-state index < -0.39 is 15.6 Å². The van der Waals surface area contributed by atoms with Crippen LogP contribution >= 0.6 is 11.6 Å². The monoisotopic (exact) mass is 332 g/mol. The first kappa shape index (κ1) is 18.3. The van der Waals surface area contributed by atoms with Crippen molar-refractivity contribution in [2.24, 2.45) is 5.41 Å². The first-order valence-electron chi connectivity index (χ1n) is 6.83. The minimum Gasteiger partial charge on any atom is -0.397 e. The molecule has 1 aromatic carbocycles. The van der Waals surface area contributed by atoms with Crippen molar-refractivity contribution in [3.63, 3.8) is 0 Å². The molecule has 0 atom stereocenters. The predicted octanol–water partition coefficient (Wildman–Crippen LogP) is 3.72. The third-order valence-corrected chi connectivity index (χ3v) is 5.13. The number of sulfonamides is 1. The molecular weight excluding hydrogens is 308 g/mol. The van der Waals surface area contributed by atoms with Crippen molar-refractivity contribution >= 4 is 27.3 Å². The number of aryl methyl sites for hydroxylation is 1. The minimum absolute atomic E-state index is 0.0140. The fourth-order valence-corrected chi connectivity index (χ4v) is 4.63. The molecule has 1 rings (SSSR count). The van der Waals surface area contributed by atoms with E-state index in [0.29, 0.717) is 17.0 Å². The Labute approximate surface area is 133 Å². The van der Waals surface area contributed by atoms with Gasteiger partial charge in [-0.2, -0.15) is 0 Å². The first-order valence-corrected chi connectivity index (χ1v) is 8.69. The van der Waals surface area contributed by atoms with Crippen LogP contribution in [0.2, 0.25) is 5.02 Å². The van der Waals surface area contributed by atoms with E-state index in [1.807, 2.05) is 13.8 Å². The molecule has 120 valence electrons. The van der Waals surface area contributed by atoms with E-state index in [1.165, 1.54) is 6.07 Å². The van der Waals surface area contributed by atoms with Crippen LogP contribution in [0.5, 0.6) is 0 Å². The van der Waals surface area contributed by atoms with E-state index in [9.17, 15) is 8.42 Å². The number of hydrogen-bond donors (Lipinski definition) is 2. The normalized spacial score (nSPS) is 13.5. The van der Waals surface area contributed by atoms with Crippen LogP contribution in [0, 0.1) is 12.3 Å². The van der Waals surface area contributed by atoms with Crippen LogP contribution < -0.4 is 10.5 Å². The molecule has 0 aliphatic rings. The molecule has 0 unspecified atom stereocenters. The van der Waals surface area contributed by atoms with Crippen molar-refractivity contribution in [2.45, 2.75) is 58.4 Å². The van der Waals surface area contributed by atoms with E-state index in [4.69, 9.17) is 17.3 Å². The smallest absolute Gasteiger partial charge is 0.241 e. The maximum atomic E-state index is 12.6. The Bertz CT molecular complexity index is 632. The molecule has 4 nitrogen and oxygen atoms in total. The second-order valence-corrected chi connectivity index (χ2v) is 9.42. The Morgan fingerprint density at radius 3 is 2.19 bits per heavy atom. The zero-order chi connectivity index (χ0) is 16.6. The maximum Gasteiger partial charge on any atom is 0.241 e. The quantitative estimate of drug-likeness (QED) is 0.825. The minimum atomic E-state index is -3.65. The lowest BCUT2D eigenvalue weighted by molar-refractivity contribution is 0.269. The second kappa shape index (κ2) is 5.78. The summed E-state index contributed by atoms with van der Waals surface area (Å²) in [6.07, 6.45) is 0.710. The fourth-order valence-electron chi connectivity index (χ4n) is 2.74. The third-order valence-electron chi connectivity index (χ3n) is 2.97. The summed E-state index contributed by atoms with van der Waals surface area (Å²) in [5.41, 5.74) is 6.02. The molecule has 0 radical (unpaired) electrons. The summed E-state index contributed by atoms with van der Waals surface area (Å²) >= 11 is 5.92. The second-order valence-electron chi connectivity index (χ2n) is 7.37. The molecule has 0 saturated heterocycles. The largest absolute Gasteiger partial charge is 0.397 e. The van der Waals surface area contributed by atoms with E-state index in [-0.39, 0.29) is 16.0 Å². The molecule has 0 aromatic heterocycles. The van der Waals surface area contributed by atoms with Crippen LogP contribution in [0.4, 0.5) is 5.69 Å². The van der Waals surface area contributed by atoms with Crippen LogP contribution in [0.1, 0.15) is 46.6 Å². The van der Waals surface area contributed by atoms with Crippen molar-refractivity contribution < 1.29 is 8.42 Å². The van der Waals surface area contributed by atoms with E-state index in [1.54, 1.807) is 13.0 Å². The molecule has 0 spiro atoms. The molecule has 1 aromatic rings. The molecule has 0 bridgehead atoms. The number of benzene rings is 1. The zero-order valence-electron chi connectivity index (χ0n) is 13.5. The lowest BCUT2D eigenvalue weighted by Crippen LogP contribution is -2.45. The summed E-state index contributed by atoms with van der Waals surface area (Å²) in [6, 6.07) is 2.98. The highest BCUT2D eigenvalue weighted by molar-refractivity contribution is 7.89. The van der Waals surface area contributed by atoms with E-state index >= 15 is 0 Å². The number of rotatable bonds is 4. The van der Waals surface area contributed by atoms with Gasteiger partial charge in [0.05, 0.1) is 15.6 Å². The van der Waals surface area contributed by atoms with Crippen molar-refractivity contribution in [3.05, 3.63) is 22.7 Å². The maximum absolute atomic E-state index is 12.6. The van der Waals surface area contributed by atoms with Gasteiger partial charge in [-0.25, -0.2) is 13.1 Å². The molecular formula is C15H25ClN2O2S. The van der Waals surface area contributed by atoms with Crippen molar-refractivity contribution in [1.29, 1.82) is 0 Å². The number of anilines is 1. The van der Waals surface area contributed by atoms with Crippen molar-refractivity contribution in [1.82, 2.24) is 4.72 Å². The Hall–Kier alpha value is -0.780. The molecule has 0 fully saturated rings. The van der Waals surface area contributed by atoms with Gasteiger partial charge in [-0.1, -0.05) is 32.4 Å². The molecule has 0 aliphatic carbocycles. The molecule has 0 amide bonds. The van der Waals surface area contributed by atoms with Gasteiger partial charge in [0.2, 0.25) is 10.0 Å². The highest BCUT2D eigenvalue weighted by atomic mass is 35.5. The number of nitrogen functional groups attached to an aromatic ring is 1. The molecule has 0 aliphatic heterocycles. The Balaban J connectivity index is 3.16. The van der Waals surface area contributed by atoms with Gasteiger partial charge < -0.3 is 5.73 Å². The summed E-state index contributed by atoms with van der Waals surface area (Å²) in [6.45, 7) is 11.7. The average molecular weight is 333 g/mol. The van der Waals surface area contributed by atoms with Crippen molar-refractivity contribution in [2.75, 3.05) is 5.73 Å². The first-order chi connectivity index (χ1) is 9.23. The van der Waals surface area contributed by atoms with Gasteiger partial charge >= 0.3 is 0 Å². The lowest BCUT2D eigenvalue weighted by Gasteiger charge is -2.33. The lowest BCUT2D eigenvalue weighted by atomic mass is 9.82. The molecule has 3 N–H and O–H groups in total. The van der Waals surface area contributed by atoms with E-state index in [2.05, 4.69) is 25.5 Å². The summed E-state index contributed by atoms with van der Waals surface area (Å²) in [4.78, 5) is 0.173. The third kappa shape index (κ3) is 5.16. The van der Waals surface area contributed by atoms with Gasteiger partial charge in [-0.3, -0.25) is 0 Å². The van der Waals surface area contributed by atoms with E-state index in [0.717, 1.165) is 0 Å². The zero-order valence-corrected chi connectivity index (χ0v) is 15.1. The van der Waals surface area contributed by atoms with Gasteiger partial charge in [-0.15, -0.1) is 0 Å². The Morgan fingerprint density at radius 2 is 1.71 bits per heavy atom. The fraction of sp³-hybridized carbons (Fsp3) is 0.600. The summed E-state index contributed by atoms with van der Waals surface area (Å²) in [7, 11) is -3.65. The molecule has 6 heteroatoms. The topological polar surface area (TPSA) is 72.2 Å². The number of nitrogens with two attached hydrogens (primary N) is 1. The van der Waals surface area contributed by atoms with Crippen LogP contribution in [0.25, 0.3) is 0 Å². The summed E-state index contributed by atoms with van der Waals surface area (Å²) in [5, 5.41) is 0.361. The van der Waals surface area contributed by atoms with Crippen LogP contribution in [-0.4, -0.2) is 14.0 Å². The molecule has 21 heavy (non-hydrogen) atoms. The standard InChI is InChI=1S/C15H25ClN2O2S/c1-10-7-11(16)12(17)8-13(10)21(19,20)18-15(5,6)9-14(2,3)4/h7-8,18H,9,17H2,1-6H3. The predicted molar refractivity (Wildman–Crippen MR) is 89.1 cm³/mol. The van der Waals surface area contributed by atoms with Gasteiger partial charge in [0.1, 0.15) is 0 Å².